The zero-order chi connectivity index (χ0) is 7.71. The molecule has 0 N–H and O–H groups in total. The van der Waals surface area contributed by atoms with Crippen LogP contribution in [0.1, 0.15) is 41.0 Å². The van der Waals surface area contributed by atoms with Gasteiger partial charge in [-0.15, -0.1) is 0 Å². The van der Waals surface area contributed by atoms with Crippen LogP contribution in [-0.2, 0) is 0 Å². The van der Waals surface area contributed by atoms with Crippen molar-refractivity contribution in [2.75, 3.05) is 0 Å². The lowest BCUT2D eigenvalue weighted by molar-refractivity contribution is 0.156. The first-order valence-electron chi connectivity index (χ1n) is 3.66. The monoisotopic (exact) mass is 127 g/mol. The summed E-state index contributed by atoms with van der Waals surface area (Å²) in [5, 5.41) is 0. The van der Waals surface area contributed by atoms with Crippen molar-refractivity contribution in [1.29, 1.82) is 0 Å². The Kier molecular flexibility index (Phi) is 2.32. The molecule has 0 saturated carbocycles. The van der Waals surface area contributed by atoms with Gasteiger partial charge in [-0.2, -0.15) is 0 Å². The van der Waals surface area contributed by atoms with E-state index in [9.17, 15) is 0 Å². The molecule has 0 amide bonds. The largest absolute Gasteiger partial charge is 0.0649 e. The summed E-state index contributed by atoms with van der Waals surface area (Å²) in [6.45, 7) is 15.2. The molecular formula is C9H19. The van der Waals surface area contributed by atoms with Gasteiger partial charge in [-0.05, 0) is 17.8 Å². The molecule has 0 nitrogen and oxygen atoms in total. The Labute approximate surface area is 59.7 Å². The van der Waals surface area contributed by atoms with Gasteiger partial charge in [0.15, 0.2) is 0 Å². The van der Waals surface area contributed by atoms with Crippen LogP contribution >= 0.6 is 0 Å². The van der Waals surface area contributed by atoms with Crippen molar-refractivity contribution in [3.63, 3.8) is 0 Å². The molecule has 0 heteroatoms. The normalized spacial score (nSPS) is 14.0. The Morgan fingerprint density at radius 1 is 1.11 bits per heavy atom. The van der Waals surface area contributed by atoms with Crippen molar-refractivity contribution in [2.24, 2.45) is 10.8 Å². The average molecular weight is 127 g/mol. The summed E-state index contributed by atoms with van der Waals surface area (Å²) in [6.07, 6.45) is 1.20. The molecule has 0 aliphatic rings. The first-order valence-corrected chi connectivity index (χ1v) is 3.66. The van der Waals surface area contributed by atoms with Crippen LogP contribution in [0.4, 0.5) is 0 Å². The van der Waals surface area contributed by atoms with Crippen molar-refractivity contribution in [2.45, 2.75) is 41.0 Å². The van der Waals surface area contributed by atoms with Gasteiger partial charge in [0.05, 0.1) is 0 Å². The third kappa shape index (κ3) is 2.00. The minimum atomic E-state index is 0.196. The highest BCUT2D eigenvalue weighted by atomic mass is 14.3. The number of hydrogen-bond donors (Lipinski definition) is 0. The SMILES string of the molecule is [CH2]C(C)(C)C(C)(C)CC. The topological polar surface area (TPSA) is 0 Å². The third-order valence-electron chi connectivity index (χ3n) is 2.72. The van der Waals surface area contributed by atoms with Crippen molar-refractivity contribution in [1.82, 2.24) is 0 Å². The number of rotatable bonds is 2. The zero-order valence-electron chi connectivity index (χ0n) is 7.41. The fourth-order valence-electron chi connectivity index (χ4n) is 0.479. The van der Waals surface area contributed by atoms with E-state index in [0.717, 1.165) is 0 Å². The van der Waals surface area contributed by atoms with Crippen LogP contribution in [0.5, 0.6) is 0 Å². The summed E-state index contributed by atoms with van der Waals surface area (Å²) < 4.78 is 0. The van der Waals surface area contributed by atoms with Crippen LogP contribution < -0.4 is 0 Å². The van der Waals surface area contributed by atoms with Crippen LogP contribution in [0.15, 0.2) is 0 Å². The summed E-state index contributed by atoms with van der Waals surface area (Å²) in [6, 6.07) is 0. The van der Waals surface area contributed by atoms with Gasteiger partial charge in [-0.25, -0.2) is 0 Å². The highest BCUT2D eigenvalue weighted by molar-refractivity contribution is 4.86. The fourth-order valence-corrected chi connectivity index (χ4v) is 0.479. The minimum absolute atomic E-state index is 0.196. The molecule has 0 bridgehead atoms. The average Bonchev–Trinajstić information content (AvgIpc) is 1.64. The van der Waals surface area contributed by atoms with Crippen molar-refractivity contribution >= 4 is 0 Å². The van der Waals surface area contributed by atoms with Crippen LogP contribution in [0.3, 0.4) is 0 Å². The van der Waals surface area contributed by atoms with E-state index in [1.807, 2.05) is 0 Å². The van der Waals surface area contributed by atoms with Gasteiger partial charge < -0.3 is 0 Å². The Hall–Kier alpha value is 0. The Morgan fingerprint density at radius 2 is 1.44 bits per heavy atom. The molecular weight excluding hydrogens is 108 g/mol. The summed E-state index contributed by atoms with van der Waals surface area (Å²) in [7, 11) is 0. The van der Waals surface area contributed by atoms with Crippen LogP contribution in [-0.4, -0.2) is 0 Å². The second-order valence-electron chi connectivity index (χ2n) is 4.12. The number of hydrogen-bond acceptors (Lipinski definition) is 0. The van der Waals surface area contributed by atoms with Gasteiger partial charge in [0, 0.05) is 0 Å². The van der Waals surface area contributed by atoms with Gasteiger partial charge >= 0.3 is 0 Å². The molecule has 0 atom stereocenters. The standard InChI is InChI=1S/C9H19/c1-7-9(5,6)8(2,3)4/h2,7H2,1,3-6H3. The van der Waals surface area contributed by atoms with E-state index in [1.54, 1.807) is 0 Å². The van der Waals surface area contributed by atoms with Crippen molar-refractivity contribution < 1.29 is 0 Å². The lowest BCUT2D eigenvalue weighted by Gasteiger charge is -2.37. The maximum Gasteiger partial charge on any atom is -0.0303 e. The Morgan fingerprint density at radius 3 is 1.44 bits per heavy atom. The minimum Gasteiger partial charge on any atom is -0.0649 e. The molecule has 1 radical (unpaired) electrons. The molecule has 0 rings (SSSR count). The van der Waals surface area contributed by atoms with Crippen LogP contribution in [0.2, 0.25) is 0 Å². The molecule has 0 aliphatic carbocycles. The molecule has 0 aromatic rings. The summed E-state index contributed by atoms with van der Waals surface area (Å²) in [4.78, 5) is 0. The highest BCUT2D eigenvalue weighted by Gasteiger charge is 2.30. The van der Waals surface area contributed by atoms with Crippen LogP contribution in [0.25, 0.3) is 0 Å². The van der Waals surface area contributed by atoms with E-state index in [4.69, 9.17) is 0 Å². The maximum atomic E-state index is 4.11. The summed E-state index contributed by atoms with van der Waals surface area (Å²) in [5.74, 6) is 0. The molecule has 0 fully saturated rings. The van der Waals surface area contributed by atoms with Crippen molar-refractivity contribution in [3.8, 4) is 0 Å². The molecule has 0 aliphatic heterocycles. The quantitative estimate of drug-likeness (QED) is 0.534. The zero-order valence-corrected chi connectivity index (χ0v) is 7.41. The lowest BCUT2D eigenvalue weighted by Crippen LogP contribution is -2.28. The third-order valence-corrected chi connectivity index (χ3v) is 2.72. The molecule has 0 unspecified atom stereocenters. The lowest BCUT2D eigenvalue weighted by atomic mass is 9.68. The smallest absolute Gasteiger partial charge is 0.0303 e. The molecule has 9 heavy (non-hydrogen) atoms. The van der Waals surface area contributed by atoms with E-state index in [1.165, 1.54) is 6.42 Å². The Bertz CT molecular complexity index is 82.7. The summed E-state index contributed by atoms with van der Waals surface area (Å²) in [5.41, 5.74) is 0.564. The molecule has 0 aromatic heterocycles. The first-order chi connectivity index (χ1) is 3.81. The maximum absolute atomic E-state index is 4.11. The van der Waals surface area contributed by atoms with Gasteiger partial charge in [-0.3, -0.25) is 0 Å². The first kappa shape index (κ1) is 9.00. The van der Waals surface area contributed by atoms with Gasteiger partial charge in [0.25, 0.3) is 0 Å². The highest BCUT2D eigenvalue weighted by Crippen LogP contribution is 2.39. The van der Waals surface area contributed by atoms with Crippen molar-refractivity contribution in [3.05, 3.63) is 6.92 Å². The second kappa shape index (κ2) is 2.32. The van der Waals surface area contributed by atoms with Gasteiger partial charge in [0.1, 0.15) is 0 Å². The van der Waals surface area contributed by atoms with Crippen LogP contribution in [0, 0.1) is 17.8 Å². The Balaban J connectivity index is 4.14. The summed E-state index contributed by atoms with van der Waals surface area (Å²) >= 11 is 0. The molecule has 0 aromatic carbocycles. The molecule has 0 saturated heterocycles. The molecule has 0 spiro atoms. The van der Waals surface area contributed by atoms with E-state index >= 15 is 0 Å². The fraction of sp³-hybridized carbons (Fsp3) is 0.889. The molecule has 55 valence electrons. The predicted octanol–water partition coefficient (Wildman–Crippen LogP) is 3.28. The van der Waals surface area contributed by atoms with Gasteiger partial charge in [-0.1, -0.05) is 41.0 Å². The van der Waals surface area contributed by atoms with E-state index in [0.29, 0.717) is 5.41 Å². The predicted molar refractivity (Wildman–Crippen MR) is 43.2 cm³/mol. The van der Waals surface area contributed by atoms with E-state index in [2.05, 4.69) is 41.5 Å². The van der Waals surface area contributed by atoms with Gasteiger partial charge in [0.2, 0.25) is 0 Å². The second-order valence-corrected chi connectivity index (χ2v) is 4.12. The van der Waals surface area contributed by atoms with E-state index in [-0.39, 0.29) is 5.41 Å². The van der Waals surface area contributed by atoms with E-state index < -0.39 is 0 Å². The molecule has 0 heterocycles.